The van der Waals surface area contributed by atoms with E-state index in [-0.39, 0.29) is 5.91 Å². The molecule has 6 heterocycles. The fourth-order valence-corrected chi connectivity index (χ4v) is 3.98. The van der Waals surface area contributed by atoms with Crippen LogP contribution in [0, 0.1) is 5.41 Å². The van der Waals surface area contributed by atoms with Crippen molar-refractivity contribution in [2.75, 3.05) is 5.32 Å². The number of hydrogen-bond donors (Lipinski definition) is 3. The Morgan fingerprint density at radius 3 is 2.65 bits per heavy atom. The Morgan fingerprint density at radius 2 is 1.84 bits per heavy atom. The molecular weight excluding hydrogens is 466 g/mol. The normalized spacial score (nSPS) is 11.8. The summed E-state index contributed by atoms with van der Waals surface area (Å²) in [5.74, 6) is 0.495. The summed E-state index contributed by atoms with van der Waals surface area (Å²) < 4.78 is 0. The van der Waals surface area contributed by atoms with Gasteiger partial charge in [-0.1, -0.05) is 26.8 Å². The Kier molecular flexibility index (Phi) is 5.22. The Bertz CT molecular complexity index is 1760. The third kappa shape index (κ3) is 4.18. The zero-order chi connectivity index (χ0) is 25.6. The van der Waals surface area contributed by atoms with Crippen LogP contribution in [-0.4, -0.2) is 46.0 Å². The molecule has 0 aliphatic heterocycles. The molecule has 6 aromatic rings. The van der Waals surface area contributed by atoms with Crippen LogP contribution in [0.25, 0.3) is 56.1 Å². The van der Waals surface area contributed by atoms with Gasteiger partial charge in [0, 0.05) is 40.5 Å². The van der Waals surface area contributed by atoms with E-state index in [1.54, 1.807) is 31.0 Å². The van der Waals surface area contributed by atoms with E-state index in [2.05, 4.69) is 40.4 Å². The lowest BCUT2D eigenvalue weighted by molar-refractivity contribution is -0.123. The lowest BCUT2D eigenvalue weighted by Gasteiger charge is -2.17. The van der Waals surface area contributed by atoms with Crippen molar-refractivity contribution in [3.05, 3.63) is 67.4 Å². The van der Waals surface area contributed by atoms with Crippen LogP contribution < -0.4 is 5.32 Å². The van der Waals surface area contributed by atoms with Crippen LogP contribution in [-0.2, 0) is 4.79 Å². The molecule has 0 aromatic carbocycles. The van der Waals surface area contributed by atoms with E-state index in [1.165, 1.54) is 0 Å². The number of H-pyrrole nitrogens is 2. The molecule has 37 heavy (non-hydrogen) atoms. The first-order valence-electron chi connectivity index (χ1n) is 11.7. The maximum Gasteiger partial charge on any atom is 0.229 e. The van der Waals surface area contributed by atoms with Gasteiger partial charge in [0.2, 0.25) is 5.91 Å². The lowest BCUT2D eigenvalue weighted by Crippen LogP contribution is -2.27. The third-order valence-corrected chi connectivity index (χ3v) is 5.98. The van der Waals surface area contributed by atoms with Gasteiger partial charge in [-0.3, -0.25) is 24.8 Å². The molecule has 0 saturated heterocycles. The van der Waals surface area contributed by atoms with Gasteiger partial charge in [-0.25, -0.2) is 9.97 Å². The largest absolute Gasteiger partial charge is 0.335 e. The number of carbonyl (C=O) groups is 1. The minimum absolute atomic E-state index is 0.0875. The van der Waals surface area contributed by atoms with Crippen LogP contribution in [0.5, 0.6) is 0 Å². The van der Waals surface area contributed by atoms with Gasteiger partial charge in [0.25, 0.3) is 0 Å². The van der Waals surface area contributed by atoms with Crippen LogP contribution >= 0.6 is 0 Å². The summed E-state index contributed by atoms with van der Waals surface area (Å²) in [5.41, 5.74) is 6.07. The number of aromatic nitrogens is 8. The highest BCUT2D eigenvalue weighted by Gasteiger charge is 2.22. The van der Waals surface area contributed by atoms with E-state index in [0.717, 1.165) is 33.2 Å². The molecule has 0 fully saturated rings. The second kappa shape index (κ2) is 8.59. The van der Waals surface area contributed by atoms with E-state index in [4.69, 9.17) is 4.98 Å². The first-order valence-corrected chi connectivity index (χ1v) is 11.7. The van der Waals surface area contributed by atoms with Crippen LogP contribution in [0.3, 0.4) is 0 Å². The minimum Gasteiger partial charge on any atom is -0.335 e. The van der Waals surface area contributed by atoms with Gasteiger partial charge >= 0.3 is 0 Å². The first-order chi connectivity index (χ1) is 17.9. The number of nitrogens with zero attached hydrogens (tertiary/aromatic N) is 6. The van der Waals surface area contributed by atoms with Crippen molar-refractivity contribution in [1.29, 1.82) is 0 Å². The standard InChI is InChI=1S/C27H23N9O/c1-27(2,3)26(37)32-16-10-15(12-28-13-16)20-11-18-21(14-31-20)35-36-23(18)25-33-22-17(7-9-30-24(22)34-25)19-6-4-5-8-29-19/h4-14H,1-3H3,(H,32,37)(H,35,36)(H,30,33,34). The zero-order valence-corrected chi connectivity index (χ0v) is 20.4. The molecular formula is C27H23N9O. The maximum atomic E-state index is 12.4. The summed E-state index contributed by atoms with van der Waals surface area (Å²) in [6.07, 6.45) is 8.54. The molecule has 0 aliphatic rings. The molecule has 0 unspecified atom stereocenters. The summed E-state index contributed by atoms with van der Waals surface area (Å²) in [6, 6.07) is 11.5. The number of nitrogens with one attached hydrogen (secondary N) is 3. The van der Waals surface area contributed by atoms with Crippen LogP contribution in [0.15, 0.2) is 67.4 Å². The molecule has 6 aromatic heterocycles. The van der Waals surface area contributed by atoms with Crippen LogP contribution in [0.2, 0.25) is 0 Å². The van der Waals surface area contributed by atoms with E-state index in [0.29, 0.717) is 28.5 Å². The number of amides is 1. The number of fused-ring (bicyclic) bond motifs is 2. The van der Waals surface area contributed by atoms with Crippen LogP contribution in [0.1, 0.15) is 20.8 Å². The van der Waals surface area contributed by atoms with E-state index >= 15 is 0 Å². The highest BCUT2D eigenvalue weighted by molar-refractivity contribution is 5.97. The summed E-state index contributed by atoms with van der Waals surface area (Å²) in [4.78, 5) is 38.3. The molecule has 0 bridgehead atoms. The van der Waals surface area contributed by atoms with Gasteiger partial charge in [0.15, 0.2) is 11.5 Å². The smallest absolute Gasteiger partial charge is 0.229 e. The fourth-order valence-electron chi connectivity index (χ4n) is 3.98. The molecule has 0 saturated carbocycles. The second-order valence-electron chi connectivity index (χ2n) is 9.71. The Labute approximate surface area is 211 Å². The van der Waals surface area contributed by atoms with Crippen molar-refractivity contribution in [2.24, 2.45) is 5.41 Å². The molecule has 182 valence electrons. The van der Waals surface area contributed by atoms with Crippen molar-refractivity contribution < 1.29 is 4.79 Å². The van der Waals surface area contributed by atoms with E-state index in [9.17, 15) is 4.79 Å². The number of hydrogen-bond acceptors (Lipinski definition) is 7. The number of aromatic amines is 2. The number of rotatable bonds is 4. The Morgan fingerprint density at radius 1 is 0.946 bits per heavy atom. The summed E-state index contributed by atoms with van der Waals surface area (Å²) >= 11 is 0. The fraction of sp³-hybridized carbons (Fsp3) is 0.148. The Hall–Kier alpha value is -4.99. The van der Waals surface area contributed by atoms with Crippen molar-refractivity contribution in [3.8, 4) is 34.0 Å². The molecule has 0 spiro atoms. The Balaban J connectivity index is 1.40. The van der Waals surface area contributed by atoms with Crippen molar-refractivity contribution >= 4 is 33.7 Å². The molecule has 0 radical (unpaired) electrons. The number of pyridine rings is 4. The van der Waals surface area contributed by atoms with Crippen molar-refractivity contribution in [2.45, 2.75) is 20.8 Å². The highest BCUT2D eigenvalue weighted by atomic mass is 16.2. The van der Waals surface area contributed by atoms with Crippen molar-refractivity contribution in [3.63, 3.8) is 0 Å². The quantitative estimate of drug-likeness (QED) is 0.317. The van der Waals surface area contributed by atoms with Gasteiger partial charge < -0.3 is 10.3 Å². The van der Waals surface area contributed by atoms with Gasteiger partial charge in [0.1, 0.15) is 5.69 Å². The monoisotopic (exact) mass is 489 g/mol. The molecule has 6 rings (SSSR count). The predicted octanol–water partition coefficient (Wildman–Crippen LogP) is 5.00. The van der Waals surface area contributed by atoms with E-state index < -0.39 is 5.41 Å². The zero-order valence-electron chi connectivity index (χ0n) is 20.4. The number of anilines is 1. The SMILES string of the molecule is CC(C)(C)C(=O)Nc1cncc(-c2cc3c(-c4nc5nccc(-c6ccccn6)c5[nH]4)n[nH]c3cn2)c1. The lowest BCUT2D eigenvalue weighted by atomic mass is 9.95. The van der Waals surface area contributed by atoms with Crippen molar-refractivity contribution in [1.82, 2.24) is 40.1 Å². The topological polar surface area (TPSA) is 138 Å². The summed E-state index contributed by atoms with van der Waals surface area (Å²) in [5, 5.41) is 11.3. The molecule has 3 N–H and O–H groups in total. The minimum atomic E-state index is -0.517. The molecule has 1 amide bonds. The number of imidazole rings is 1. The molecule has 10 nitrogen and oxygen atoms in total. The van der Waals surface area contributed by atoms with Gasteiger partial charge in [0.05, 0.1) is 40.5 Å². The highest BCUT2D eigenvalue weighted by Crippen LogP contribution is 2.31. The predicted molar refractivity (Wildman–Crippen MR) is 141 cm³/mol. The average Bonchev–Trinajstić information content (AvgIpc) is 3.52. The average molecular weight is 490 g/mol. The van der Waals surface area contributed by atoms with Crippen LogP contribution in [0.4, 0.5) is 5.69 Å². The van der Waals surface area contributed by atoms with Gasteiger partial charge in [-0.05, 0) is 30.3 Å². The van der Waals surface area contributed by atoms with Gasteiger partial charge in [-0.15, -0.1) is 0 Å². The van der Waals surface area contributed by atoms with Gasteiger partial charge in [-0.2, -0.15) is 5.10 Å². The third-order valence-electron chi connectivity index (χ3n) is 5.98. The molecule has 0 aliphatic carbocycles. The maximum absolute atomic E-state index is 12.4. The molecule has 10 heteroatoms. The van der Waals surface area contributed by atoms with E-state index in [1.807, 2.05) is 57.2 Å². The second-order valence-corrected chi connectivity index (χ2v) is 9.71. The first kappa shape index (κ1) is 22.5. The summed E-state index contributed by atoms with van der Waals surface area (Å²) in [6.45, 7) is 5.59. The summed E-state index contributed by atoms with van der Waals surface area (Å²) in [7, 11) is 0. The number of carbonyl (C=O) groups excluding carboxylic acids is 1. The molecule has 0 atom stereocenters.